The minimum Gasteiger partial charge on any atom is -0.487 e. The molecular formula is C15H18O3. The lowest BCUT2D eigenvalue weighted by Crippen LogP contribution is -2.32. The number of esters is 1. The lowest BCUT2D eigenvalue weighted by molar-refractivity contribution is -0.143. The summed E-state index contributed by atoms with van der Waals surface area (Å²) >= 11 is 0. The van der Waals surface area contributed by atoms with Gasteiger partial charge in [-0.25, -0.2) is 0 Å². The summed E-state index contributed by atoms with van der Waals surface area (Å²) in [5.41, 5.74) is 2.13. The molecule has 0 aromatic rings. The van der Waals surface area contributed by atoms with Crippen molar-refractivity contribution in [2.24, 2.45) is 5.92 Å². The number of allylic oxidation sites excluding steroid dienone is 3. The number of carbonyl (C=O) groups excluding carboxylic acids is 1. The molecular weight excluding hydrogens is 228 g/mol. The smallest absolute Gasteiger partial charge is 0.310 e. The fraction of sp³-hybridized carbons (Fsp3) is 0.533. The van der Waals surface area contributed by atoms with Gasteiger partial charge >= 0.3 is 5.97 Å². The van der Waals surface area contributed by atoms with Gasteiger partial charge in [-0.3, -0.25) is 4.79 Å². The van der Waals surface area contributed by atoms with E-state index in [1.165, 1.54) is 5.57 Å². The zero-order valence-corrected chi connectivity index (χ0v) is 10.9. The van der Waals surface area contributed by atoms with Gasteiger partial charge in [0.1, 0.15) is 17.1 Å². The van der Waals surface area contributed by atoms with Crippen LogP contribution in [-0.4, -0.2) is 11.6 Å². The van der Waals surface area contributed by atoms with E-state index in [1.807, 2.05) is 6.08 Å². The Morgan fingerprint density at radius 3 is 2.94 bits per heavy atom. The van der Waals surface area contributed by atoms with Crippen LogP contribution in [0.3, 0.4) is 0 Å². The summed E-state index contributed by atoms with van der Waals surface area (Å²) in [6, 6.07) is 0. The van der Waals surface area contributed by atoms with Gasteiger partial charge in [0, 0.05) is 18.4 Å². The lowest BCUT2D eigenvalue weighted by atomic mass is 9.78. The molecule has 1 atom stereocenters. The monoisotopic (exact) mass is 246 g/mol. The molecule has 3 aliphatic rings. The molecule has 3 nitrogen and oxygen atoms in total. The van der Waals surface area contributed by atoms with E-state index in [2.05, 4.69) is 20.4 Å². The topological polar surface area (TPSA) is 35.5 Å². The third kappa shape index (κ3) is 1.78. The minimum atomic E-state index is -0.151. The van der Waals surface area contributed by atoms with E-state index in [4.69, 9.17) is 9.47 Å². The molecule has 0 aromatic carbocycles. The predicted octanol–water partition coefficient (Wildman–Crippen LogP) is 3.24. The largest absolute Gasteiger partial charge is 0.487 e. The van der Waals surface area contributed by atoms with Crippen molar-refractivity contribution >= 4 is 5.97 Å². The Balaban J connectivity index is 1.98. The molecule has 18 heavy (non-hydrogen) atoms. The van der Waals surface area contributed by atoms with Crippen molar-refractivity contribution < 1.29 is 14.3 Å². The van der Waals surface area contributed by atoms with Crippen LogP contribution < -0.4 is 0 Å². The van der Waals surface area contributed by atoms with E-state index in [1.54, 1.807) is 0 Å². The predicted molar refractivity (Wildman–Crippen MR) is 67.5 cm³/mol. The Labute approximate surface area is 107 Å². The normalized spacial score (nSPS) is 29.9. The van der Waals surface area contributed by atoms with Gasteiger partial charge in [-0.15, -0.1) is 0 Å². The van der Waals surface area contributed by atoms with Crippen LogP contribution in [0.15, 0.2) is 35.3 Å². The van der Waals surface area contributed by atoms with Crippen molar-refractivity contribution in [3.8, 4) is 0 Å². The second kappa shape index (κ2) is 3.74. The number of carbonyl (C=O) groups is 1. The van der Waals surface area contributed by atoms with E-state index >= 15 is 0 Å². The van der Waals surface area contributed by atoms with Crippen molar-refractivity contribution in [1.29, 1.82) is 0 Å². The Morgan fingerprint density at radius 2 is 2.17 bits per heavy atom. The Morgan fingerprint density at radius 1 is 1.39 bits per heavy atom. The Bertz CT molecular complexity index is 494. The van der Waals surface area contributed by atoms with Crippen LogP contribution >= 0.6 is 0 Å². The van der Waals surface area contributed by atoms with Gasteiger partial charge in [0.05, 0.1) is 0 Å². The van der Waals surface area contributed by atoms with Gasteiger partial charge in [0.25, 0.3) is 0 Å². The highest BCUT2D eigenvalue weighted by molar-refractivity contribution is 5.73. The van der Waals surface area contributed by atoms with Crippen LogP contribution in [0.25, 0.3) is 0 Å². The molecule has 3 heteroatoms. The second-order valence-corrected chi connectivity index (χ2v) is 5.84. The zero-order chi connectivity index (χ0) is 12.9. The maximum absolute atomic E-state index is 11.4. The Kier molecular flexibility index (Phi) is 2.40. The Hall–Kier alpha value is -1.51. The molecule has 0 bridgehead atoms. The van der Waals surface area contributed by atoms with Crippen molar-refractivity contribution in [3.05, 3.63) is 35.3 Å². The summed E-state index contributed by atoms with van der Waals surface area (Å²) in [6.45, 7) is 8.35. The first kappa shape index (κ1) is 11.6. The highest BCUT2D eigenvalue weighted by atomic mass is 16.5. The molecule has 3 rings (SSSR count). The van der Waals surface area contributed by atoms with Crippen LogP contribution in [-0.2, 0) is 14.3 Å². The molecule has 1 fully saturated rings. The van der Waals surface area contributed by atoms with Gasteiger partial charge in [0.2, 0.25) is 0 Å². The quantitative estimate of drug-likeness (QED) is 0.615. The first-order valence-corrected chi connectivity index (χ1v) is 6.50. The standard InChI is InChI=1S/C15H18O3/c1-9-10-4-5-14(16)17-12(10)8-13-11(9)6-7-15(2,3)18-13/h8,10H,1,4-7H2,2-3H3. The van der Waals surface area contributed by atoms with E-state index in [0.717, 1.165) is 30.6 Å². The average molecular weight is 246 g/mol. The number of hydrogen-bond donors (Lipinski definition) is 0. The molecule has 1 aliphatic carbocycles. The molecule has 2 aliphatic heterocycles. The lowest BCUT2D eigenvalue weighted by Gasteiger charge is -2.39. The molecule has 0 N–H and O–H groups in total. The van der Waals surface area contributed by atoms with Gasteiger partial charge in [-0.2, -0.15) is 0 Å². The van der Waals surface area contributed by atoms with Crippen LogP contribution in [0.5, 0.6) is 0 Å². The molecule has 1 saturated heterocycles. The summed E-state index contributed by atoms with van der Waals surface area (Å²) in [5, 5.41) is 0. The first-order chi connectivity index (χ1) is 8.46. The summed E-state index contributed by atoms with van der Waals surface area (Å²) < 4.78 is 11.3. The van der Waals surface area contributed by atoms with Gasteiger partial charge in [-0.05, 0) is 44.3 Å². The molecule has 0 saturated carbocycles. The maximum atomic E-state index is 11.4. The summed E-state index contributed by atoms with van der Waals surface area (Å²) in [6.07, 6.45) is 5.18. The van der Waals surface area contributed by atoms with Gasteiger partial charge < -0.3 is 9.47 Å². The second-order valence-electron chi connectivity index (χ2n) is 5.84. The van der Waals surface area contributed by atoms with Crippen molar-refractivity contribution in [2.45, 2.75) is 45.1 Å². The van der Waals surface area contributed by atoms with E-state index in [0.29, 0.717) is 12.2 Å². The maximum Gasteiger partial charge on any atom is 0.310 e. The summed E-state index contributed by atoms with van der Waals surface area (Å²) in [4.78, 5) is 11.4. The molecule has 2 heterocycles. The van der Waals surface area contributed by atoms with Crippen LogP contribution in [0.1, 0.15) is 39.5 Å². The fourth-order valence-electron chi connectivity index (χ4n) is 2.87. The molecule has 0 radical (unpaired) electrons. The van der Waals surface area contributed by atoms with Crippen LogP contribution in [0.4, 0.5) is 0 Å². The molecule has 0 amide bonds. The van der Waals surface area contributed by atoms with Crippen molar-refractivity contribution in [2.75, 3.05) is 0 Å². The minimum absolute atomic E-state index is 0.149. The number of fused-ring (bicyclic) bond motifs is 1. The van der Waals surface area contributed by atoms with Gasteiger partial charge in [0.15, 0.2) is 0 Å². The number of ether oxygens (including phenoxy) is 2. The molecule has 0 spiro atoms. The van der Waals surface area contributed by atoms with Crippen molar-refractivity contribution in [3.63, 3.8) is 0 Å². The number of hydrogen-bond acceptors (Lipinski definition) is 3. The van der Waals surface area contributed by atoms with E-state index in [-0.39, 0.29) is 17.5 Å². The highest BCUT2D eigenvalue weighted by Crippen LogP contribution is 2.45. The first-order valence-electron chi connectivity index (χ1n) is 6.50. The van der Waals surface area contributed by atoms with Crippen molar-refractivity contribution in [1.82, 2.24) is 0 Å². The third-order valence-corrected chi connectivity index (χ3v) is 3.95. The van der Waals surface area contributed by atoms with Crippen LogP contribution in [0, 0.1) is 5.92 Å². The third-order valence-electron chi connectivity index (χ3n) is 3.95. The molecule has 96 valence electrons. The zero-order valence-electron chi connectivity index (χ0n) is 10.9. The summed E-state index contributed by atoms with van der Waals surface area (Å²) in [7, 11) is 0. The van der Waals surface area contributed by atoms with E-state index < -0.39 is 0 Å². The SMILES string of the molecule is C=C1C2=C(C=C3OC(=O)CCC13)OC(C)(C)CC2. The number of rotatable bonds is 0. The highest BCUT2D eigenvalue weighted by Gasteiger charge is 2.38. The van der Waals surface area contributed by atoms with E-state index in [9.17, 15) is 4.79 Å². The average Bonchev–Trinajstić information content (AvgIpc) is 2.27. The molecule has 0 aromatic heterocycles. The fourth-order valence-corrected chi connectivity index (χ4v) is 2.87. The molecule has 1 unspecified atom stereocenters. The van der Waals surface area contributed by atoms with Crippen LogP contribution in [0.2, 0.25) is 0 Å². The summed E-state index contributed by atoms with van der Waals surface area (Å²) in [5.74, 6) is 1.58. The van der Waals surface area contributed by atoms with Gasteiger partial charge in [-0.1, -0.05) is 6.58 Å².